The molecule has 0 aliphatic carbocycles. The highest BCUT2D eigenvalue weighted by Gasteiger charge is 2.21. The van der Waals surface area contributed by atoms with Gasteiger partial charge in [-0.1, -0.05) is 12.1 Å². The van der Waals surface area contributed by atoms with Crippen molar-refractivity contribution in [2.75, 3.05) is 33.3 Å². The summed E-state index contributed by atoms with van der Waals surface area (Å²) in [6, 6.07) is 12.4. The fourth-order valence-corrected chi connectivity index (χ4v) is 4.12. The lowest BCUT2D eigenvalue weighted by atomic mass is 10.0. The van der Waals surface area contributed by atoms with E-state index in [9.17, 15) is 4.79 Å². The summed E-state index contributed by atoms with van der Waals surface area (Å²) < 4.78 is 10.9. The molecule has 0 spiro atoms. The van der Waals surface area contributed by atoms with E-state index >= 15 is 0 Å². The van der Waals surface area contributed by atoms with E-state index in [0.29, 0.717) is 6.42 Å². The number of rotatable bonds is 5. The number of hydrogen-bond donors (Lipinski definition) is 0. The van der Waals surface area contributed by atoms with E-state index in [1.165, 1.54) is 16.7 Å². The molecule has 5 nitrogen and oxygen atoms in total. The van der Waals surface area contributed by atoms with E-state index in [1.54, 1.807) is 13.4 Å². The third-order valence-electron chi connectivity index (χ3n) is 6.12. The number of carbonyl (C=O) groups is 1. The molecule has 1 aromatic heterocycles. The number of furan rings is 1. The molecule has 1 saturated heterocycles. The maximum atomic E-state index is 13.0. The molecule has 5 heteroatoms. The lowest BCUT2D eigenvalue weighted by molar-refractivity contribution is -0.130. The summed E-state index contributed by atoms with van der Waals surface area (Å²) >= 11 is 0. The van der Waals surface area contributed by atoms with Gasteiger partial charge in [0.25, 0.3) is 0 Å². The second kappa shape index (κ2) is 8.92. The number of aryl methyl sites for hydroxylation is 2. The van der Waals surface area contributed by atoms with Crippen molar-refractivity contribution in [2.24, 2.45) is 0 Å². The zero-order valence-electron chi connectivity index (χ0n) is 18.1. The molecule has 3 aromatic rings. The van der Waals surface area contributed by atoms with Crippen molar-refractivity contribution in [3.8, 4) is 5.75 Å². The SMILES string of the molecule is COc1ccc(CN2CCCN(C(=O)Cc3coc4cc(C)c(C)cc34)CC2)cc1. The highest BCUT2D eigenvalue weighted by molar-refractivity contribution is 5.88. The zero-order chi connectivity index (χ0) is 21.1. The Hall–Kier alpha value is -2.79. The van der Waals surface area contributed by atoms with Crippen molar-refractivity contribution in [3.05, 3.63) is 64.9 Å². The van der Waals surface area contributed by atoms with Crippen LogP contribution in [0.1, 0.15) is 28.7 Å². The minimum Gasteiger partial charge on any atom is -0.497 e. The van der Waals surface area contributed by atoms with Crippen LogP contribution in [0.3, 0.4) is 0 Å². The fraction of sp³-hybridized carbons (Fsp3) is 0.400. The molecule has 0 atom stereocenters. The average Bonchev–Trinajstić information content (AvgIpc) is 2.97. The Bertz CT molecular complexity index is 1020. The van der Waals surface area contributed by atoms with Gasteiger partial charge in [-0.2, -0.15) is 0 Å². The molecule has 0 bridgehead atoms. The highest BCUT2D eigenvalue weighted by Crippen LogP contribution is 2.25. The lowest BCUT2D eigenvalue weighted by Crippen LogP contribution is -2.36. The third-order valence-corrected chi connectivity index (χ3v) is 6.12. The monoisotopic (exact) mass is 406 g/mol. The van der Waals surface area contributed by atoms with Gasteiger partial charge in [0, 0.05) is 43.7 Å². The van der Waals surface area contributed by atoms with E-state index in [1.807, 2.05) is 17.0 Å². The van der Waals surface area contributed by atoms with Crippen LogP contribution in [0.25, 0.3) is 11.0 Å². The summed E-state index contributed by atoms with van der Waals surface area (Å²) in [4.78, 5) is 17.4. The van der Waals surface area contributed by atoms with Crippen molar-refractivity contribution < 1.29 is 13.9 Å². The normalized spacial score (nSPS) is 15.4. The van der Waals surface area contributed by atoms with Crippen molar-refractivity contribution in [2.45, 2.75) is 33.2 Å². The van der Waals surface area contributed by atoms with Gasteiger partial charge in [-0.25, -0.2) is 0 Å². The molecule has 1 fully saturated rings. The Labute approximate surface area is 178 Å². The Kier molecular flexibility index (Phi) is 6.09. The average molecular weight is 407 g/mol. The first kappa shape index (κ1) is 20.5. The number of methoxy groups -OCH3 is 1. The summed E-state index contributed by atoms with van der Waals surface area (Å²) in [5.41, 5.74) is 5.55. The first-order valence-corrected chi connectivity index (χ1v) is 10.6. The van der Waals surface area contributed by atoms with Crippen LogP contribution in [0.2, 0.25) is 0 Å². The summed E-state index contributed by atoms with van der Waals surface area (Å²) in [5.74, 6) is 1.06. The number of benzene rings is 2. The Morgan fingerprint density at radius 3 is 2.57 bits per heavy atom. The van der Waals surface area contributed by atoms with Crippen molar-refractivity contribution >= 4 is 16.9 Å². The molecule has 158 valence electrons. The minimum absolute atomic E-state index is 0.183. The molecule has 30 heavy (non-hydrogen) atoms. The zero-order valence-corrected chi connectivity index (χ0v) is 18.1. The van der Waals surface area contributed by atoms with E-state index in [4.69, 9.17) is 9.15 Å². The van der Waals surface area contributed by atoms with E-state index in [2.05, 4.69) is 43.0 Å². The molecule has 1 amide bonds. The van der Waals surface area contributed by atoms with Gasteiger partial charge in [-0.3, -0.25) is 9.69 Å². The van der Waals surface area contributed by atoms with Crippen molar-refractivity contribution in [3.63, 3.8) is 0 Å². The standard InChI is InChI=1S/C25H30N2O3/c1-18-13-23-21(17-30-24(23)14-19(18)2)15-25(28)27-10-4-9-26(11-12-27)16-20-5-7-22(29-3)8-6-20/h5-8,13-14,17H,4,9-12,15-16H2,1-3H3. The number of hydrogen-bond acceptors (Lipinski definition) is 4. The first-order valence-electron chi connectivity index (χ1n) is 10.6. The maximum absolute atomic E-state index is 13.0. The quantitative estimate of drug-likeness (QED) is 0.633. The third kappa shape index (κ3) is 4.51. The summed E-state index contributed by atoms with van der Waals surface area (Å²) in [5, 5.41) is 1.06. The Morgan fingerprint density at radius 1 is 1.03 bits per heavy atom. The van der Waals surface area contributed by atoms with Crippen LogP contribution in [0, 0.1) is 13.8 Å². The van der Waals surface area contributed by atoms with Gasteiger partial charge in [-0.15, -0.1) is 0 Å². The number of fused-ring (bicyclic) bond motifs is 1. The minimum atomic E-state index is 0.183. The Balaban J connectivity index is 1.37. The number of nitrogens with zero attached hydrogens (tertiary/aromatic N) is 2. The molecule has 0 unspecified atom stereocenters. The van der Waals surface area contributed by atoms with Crippen molar-refractivity contribution in [1.82, 2.24) is 9.80 Å². The molecule has 2 heterocycles. The van der Waals surface area contributed by atoms with Crippen LogP contribution < -0.4 is 4.74 Å². The largest absolute Gasteiger partial charge is 0.497 e. The van der Waals surface area contributed by atoms with E-state index in [0.717, 1.165) is 61.4 Å². The van der Waals surface area contributed by atoms with Crippen LogP contribution in [-0.4, -0.2) is 49.0 Å². The van der Waals surface area contributed by atoms with Gasteiger partial charge < -0.3 is 14.1 Å². The first-order chi connectivity index (χ1) is 14.5. The molecule has 1 aliphatic heterocycles. The van der Waals surface area contributed by atoms with E-state index in [-0.39, 0.29) is 5.91 Å². The predicted molar refractivity (Wildman–Crippen MR) is 119 cm³/mol. The fourth-order valence-electron chi connectivity index (χ4n) is 4.12. The summed E-state index contributed by atoms with van der Waals surface area (Å²) in [6.07, 6.45) is 3.13. The summed E-state index contributed by atoms with van der Waals surface area (Å²) in [7, 11) is 1.68. The lowest BCUT2D eigenvalue weighted by Gasteiger charge is -2.22. The predicted octanol–water partition coefficient (Wildman–Crippen LogP) is 4.34. The topological polar surface area (TPSA) is 45.9 Å². The highest BCUT2D eigenvalue weighted by atomic mass is 16.5. The Morgan fingerprint density at radius 2 is 1.80 bits per heavy atom. The second-order valence-corrected chi connectivity index (χ2v) is 8.23. The maximum Gasteiger partial charge on any atom is 0.227 e. The number of ether oxygens (including phenoxy) is 1. The van der Waals surface area contributed by atoms with Crippen LogP contribution in [0.15, 0.2) is 47.1 Å². The van der Waals surface area contributed by atoms with E-state index < -0.39 is 0 Å². The number of carbonyl (C=O) groups excluding carboxylic acids is 1. The van der Waals surface area contributed by atoms with Crippen molar-refractivity contribution in [1.29, 1.82) is 0 Å². The molecule has 4 rings (SSSR count). The van der Waals surface area contributed by atoms with Crippen LogP contribution in [-0.2, 0) is 17.8 Å². The second-order valence-electron chi connectivity index (χ2n) is 8.23. The molecule has 1 aliphatic rings. The van der Waals surface area contributed by atoms with Gasteiger partial charge >= 0.3 is 0 Å². The smallest absolute Gasteiger partial charge is 0.227 e. The molecule has 2 aromatic carbocycles. The number of amides is 1. The molecule has 0 radical (unpaired) electrons. The van der Waals surface area contributed by atoms with Crippen LogP contribution in [0.5, 0.6) is 5.75 Å². The molecule has 0 saturated carbocycles. The van der Waals surface area contributed by atoms with Gasteiger partial charge in [0.15, 0.2) is 0 Å². The molecular formula is C25H30N2O3. The van der Waals surface area contributed by atoms with Crippen LogP contribution in [0.4, 0.5) is 0 Å². The molecular weight excluding hydrogens is 376 g/mol. The van der Waals surface area contributed by atoms with Gasteiger partial charge in [0.05, 0.1) is 19.8 Å². The summed E-state index contributed by atoms with van der Waals surface area (Å²) in [6.45, 7) is 8.55. The van der Waals surface area contributed by atoms with Crippen LogP contribution >= 0.6 is 0 Å². The van der Waals surface area contributed by atoms with Gasteiger partial charge in [0.1, 0.15) is 11.3 Å². The van der Waals surface area contributed by atoms with Gasteiger partial charge in [0.2, 0.25) is 5.91 Å². The van der Waals surface area contributed by atoms with Gasteiger partial charge in [-0.05, 0) is 61.2 Å². The molecule has 0 N–H and O–H groups in total.